The van der Waals surface area contributed by atoms with Crippen LogP contribution in [0.1, 0.15) is 155 Å². The summed E-state index contributed by atoms with van der Waals surface area (Å²) in [6.45, 7) is 27.4. The highest BCUT2D eigenvalue weighted by atomic mass is 16.3. The Labute approximate surface area is 542 Å². The van der Waals surface area contributed by atoms with Gasteiger partial charge in [-0.25, -0.2) is 0 Å². The Hall–Kier alpha value is -7.11. The van der Waals surface area contributed by atoms with Gasteiger partial charge in [-0.05, 0) is 111 Å². The SMILES string of the molecule is CC[C@@H]1NC(=O)[C@H]([C@H](O)[C@H](C)C/C=C/c2ccc(O)cc2)N(C)C(=O)[C@H](C(C)C)N(C)C(=O)[C@H](CC(C)C)N(C)C(=O)[C@H](CC(C)C)N(C)C(=O)[C@@H](C)NC(=O)[C@H](C)NC(=O)[C@H](CC(C)C)N(C)C(=O)[C@H](C(C)C)NC(=O)[C@H](CC(C)C)N(C)C(=O)CN(C)C1=O. The number of benzene rings is 1. The Morgan fingerprint density at radius 2 is 0.901 bits per heavy atom. The number of hydrogen-bond acceptors (Lipinski definition) is 13. The quantitative estimate of drug-likeness (QED) is 0.136. The van der Waals surface area contributed by atoms with Crippen LogP contribution in [0, 0.1) is 41.4 Å². The predicted octanol–water partition coefficient (Wildman–Crippen LogP) is 4.11. The summed E-state index contributed by atoms with van der Waals surface area (Å²) in [5.74, 6) is -10.1. The van der Waals surface area contributed by atoms with E-state index in [1.54, 1.807) is 65.8 Å². The summed E-state index contributed by atoms with van der Waals surface area (Å²) >= 11 is 0. The van der Waals surface area contributed by atoms with Crippen LogP contribution in [0.4, 0.5) is 0 Å². The highest BCUT2D eigenvalue weighted by Gasteiger charge is 2.46. The number of aromatic hydroxyl groups is 1. The van der Waals surface area contributed by atoms with Crippen LogP contribution in [0.15, 0.2) is 30.3 Å². The second-order valence-electron chi connectivity index (χ2n) is 27.5. The number of phenols is 1. The number of nitrogens with zero attached hydrogens (tertiary/aromatic N) is 7. The third-order valence-corrected chi connectivity index (χ3v) is 17.0. The normalized spacial score (nSPS) is 25.9. The minimum atomic E-state index is -1.68. The fourth-order valence-electron chi connectivity index (χ4n) is 11.3. The topological polar surface area (TPSA) is 299 Å². The van der Waals surface area contributed by atoms with Gasteiger partial charge in [-0.1, -0.05) is 121 Å². The Balaban J connectivity index is 2.99. The molecule has 91 heavy (non-hydrogen) atoms. The van der Waals surface area contributed by atoms with Crippen LogP contribution in [-0.4, -0.2) is 232 Å². The maximum atomic E-state index is 15.3. The lowest BCUT2D eigenvalue weighted by atomic mass is 9.91. The molecule has 11 amide bonds. The first-order valence-corrected chi connectivity index (χ1v) is 32.3. The van der Waals surface area contributed by atoms with Gasteiger partial charge in [0.2, 0.25) is 65.0 Å². The van der Waals surface area contributed by atoms with Gasteiger partial charge in [0.15, 0.2) is 0 Å². The number of amides is 11. The first-order chi connectivity index (χ1) is 42.1. The zero-order valence-corrected chi connectivity index (χ0v) is 58.8. The molecule has 0 saturated carbocycles. The van der Waals surface area contributed by atoms with Crippen molar-refractivity contribution in [3.63, 3.8) is 0 Å². The Morgan fingerprint density at radius 1 is 0.473 bits per heavy atom. The van der Waals surface area contributed by atoms with Crippen LogP contribution >= 0.6 is 0 Å². The van der Waals surface area contributed by atoms with Gasteiger partial charge in [0, 0.05) is 49.3 Å². The number of nitrogens with one attached hydrogen (secondary N) is 4. The monoisotopic (exact) mass is 1280 g/mol. The van der Waals surface area contributed by atoms with Gasteiger partial charge in [-0.3, -0.25) is 52.7 Å². The van der Waals surface area contributed by atoms with Crippen LogP contribution in [-0.2, 0) is 52.7 Å². The van der Waals surface area contributed by atoms with Crippen molar-refractivity contribution in [3.8, 4) is 5.75 Å². The molecule has 1 aromatic rings. The lowest BCUT2D eigenvalue weighted by Crippen LogP contribution is -2.63. The van der Waals surface area contributed by atoms with Crippen LogP contribution in [0.25, 0.3) is 6.08 Å². The van der Waals surface area contributed by atoms with Crippen molar-refractivity contribution in [3.05, 3.63) is 35.9 Å². The molecule has 1 saturated heterocycles. The molecule has 1 aromatic carbocycles. The minimum Gasteiger partial charge on any atom is -0.508 e. The molecule has 24 nitrogen and oxygen atoms in total. The molecule has 1 aliphatic heterocycles. The largest absolute Gasteiger partial charge is 0.508 e. The summed E-state index contributed by atoms with van der Waals surface area (Å²) in [6, 6.07) is -6.18. The van der Waals surface area contributed by atoms with E-state index in [2.05, 4.69) is 21.3 Å². The van der Waals surface area contributed by atoms with Gasteiger partial charge in [0.05, 0.1) is 12.6 Å². The van der Waals surface area contributed by atoms with E-state index in [0.29, 0.717) is 0 Å². The van der Waals surface area contributed by atoms with Crippen LogP contribution < -0.4 is 21.3 Å². The molecule has 0 aromatic heterocycles. The summed E-state index contributed by atoms with van der Waals surface area (Å²) in [6.07, 6.45) is 2.69. The Morgan fingerprint density at radius 3 is 1.37 bits per heavy atom. The summed E-state index contributed by atoms with van der Waals surface area (Å²) < 4.78 is 0. The molecule has 6 N–H and O–H groups in total. The van der Waals surface area contributed by atoms with E-state index < -0.39 is 156 Å². The van der Waals surface area contributed by atoms with Crippen molar-refractivity contribution in [2.75, 3.05) is 55.9 Å². The first-order valence-electron chi connectivity index (χ1n) is 32.3. The Kier molecular flexibility index (Phi) is 31.8. The lowest BCUT2D eigenvalue weighted by Gasteiger charge is -2.41. The van der Waals surface area contributed by atoms with E-state index in [9.17, 15) is 43.8 Å². The smallest absolute Gasteiger partial charge is 0.246 e. The van der Waals surface area contributed by atoms with Crippen molar-refractivity contribution in [2.45, 2.75) is 216 Å². The van der Waals surface area contributed by atoms with Crippen LogP contribution in [0.2, 0.25) is 0 Å². The molecule has 0 aliphatic carbocycles. The summed E-state index contributed by atoms with van der Waals surface area (Å²) in [4.78, 5) is 170. The second kappa shape index (κ2) is 36.2. The molecule has 2 rings (SSSR count). The average Bonchev–Trinajstić information content (AvgIpc) is 0.937. The zero-order valence-electron chi connectivity index (χ0n) is 58.8. The number of phenolic OH excluding ortho intramolecular Hbond substituents is 1. The molecule has 0 radical (unpaired) electrons. The average molecular weight is 1280 g/mol. The molecule has 1 aliphatic rings. The summed E-state index contributed by atoms with van der Waals surface area (Å²) in [5.41, 5.74) is 0.743. The van der Waals surface area contributed by atoms with Crippen molar-refractivity contribution < 1.29 is 63.0 Å². The van der Waals surface area contributed by atoms with Gasteiger partial charge >= 0.3 is 0 Å². The maximum Gasteiger partial charge on any atom is 0.246 e. The van der Waals surface area contributed by atoms with E-state index in [4.69, 9.17) is 0 Å². The number of aliphatic hydroxyl groups is 1. The number of carbonyl (C=O) groups is 11. The van der Waals surface area contributed by atoms with Gasteiger partial charge < -0.3 is 65.8 Å². The van der Waals surface area contributed by atoms with E-state index in [1.165, 1.54) is 99.8 Å². The van der Waals surface area contributed by atoms with E-state index in [0.717, 1.165) is 15.4 Å². The molecule has 0 spiro atoms. The summed E-state index contributed by atoms with van der Waals surface area (Å²) in [5, 5.41) is 33.2. The molecule has 24 heteroatoms. The van der Waals surface area contributed by atoms with E-state index in [1.807, 2.05) is 55.4 Å². The number of aliphatic hydroxyl groups excluding tert-OH is 1. The highest BCUT2D eigenvalue weighted by molar-refractivity contribution is 5.99. The zero-order chi connectivity index (χ0) is 70.0. The second-order valence-corrected chi connectivity index (χ2v) is 27.5. The molecule has 0 bridgehead atoms. The van der Waals surface area contributed by atoms with Crippen molar-refractivity contribution in [1.82, 2.24) is 55.6 Å². The minimum absolute atomic E-state index is 0.00809. The van der Waals surface area contributed by atoms with Crippen molar-refractivity contribution >= 4 is 71.1 Å². The van der Waals surface area contributed by atoms with Crippen molar-refractivity contribution in [1.29, 1.82) is 0 Å². The third-order valence-electron chi connectivity index (χ3n) is 17.0. The fourth-order valence-corrected chi connectivity index (χ4v) is 11.3. The van der Waals surface area contributed by atoms with Crippen LogP contribution in [0.5, 0.6) is 5.75 Å². The first kappa shape index (κ1) is 80.0. The highest BCUT2D eigenvalue weighted by Crippen LogP contribution is 2.26. The van der Waals surface area contributed by atoms with Gasteiger partial charge in [0.1, 0.15) is 66.2 Å². The molecular weight excluding hydrogens is 1170 g/mol. The molecule has 0 unspecified atom stereocenters. The molecule has 12 atom stereocenters. The van der Waals surface area contributed by atoms with Gasteiger partial charge in [-0.15, -0.1) is 0 Å². The predicted molar refractivity (Wildman–Crippen MR) is 351 cm³/mol. The third kappa shape index (κ3) is 22.6. The molecule has 1 fully saturated rings. The van der Waals surface area contributed by atoms with Crippen LogP contribution in [0.3, 0.4) is 0 Å². The molecule has 1 heterocycles. The number of hydrogen-bond donors (Lipinski definition) is 6. The van der Waals surface area contributed by atoms with Gasteiger partial charge in [-0.2, -0.15) is 0 Å². The molecule has 514 valence electrons. The number of allylic oxidation sites excluding steroid dienone is 1. The van der Waals surface area contributed by atoms with E-state index >= 15 is 19.2 Å². The summed E-state index contributed by atoms with van der Waals surface area (Å²) in [7, 11) is 9.85. The van der Waals surface area contributed by atoms with Crippen molar-refractivity contribution in [2.24, 2.45) is 41.4 Å². The number of carbonyl (C=O) groups excluding carboxylic acids is 11. The Bertz CT molecular complexity index is 2680. The maximum absolute atomic E-state index is 15.3. The molecular formula is C67H113N11O13. The standard InChI is InChI=1S/C67H113N11O13/c1-24-48-63(87)72(17)36-53(80)73(18)49(32-37(2)3)60(84)71-54(41(10)11)66(90)74(19)50(33-38(4)5)59(83)68-44(15)58(82)69-45(16)62(86)75(20)51(34-39(6)7)64(88)76(21)52(35-40(8)9)65(89)77(22)55(42(12)13)67(91)78(23)56(61(85)70-48)57(81)43(14)26-25-27-46-28-30-47(79)31-29-46/h25,27-31,37-45,48-52,54-57,79,81H,24,26,32-36H2,1-23H3,(H,68,83)(H,69,82)(H,70,85)(H,71,84)/b27-25+/t43-,44+,45-,48+,49+,50+,51+,52+,54+,55+,56+,57-/m1/s1. The van der Waals surface area contributed by atoms with Gasteiger partial charge in [0.25, 0.3) is 0 Å². The number of rotatable bonds is 16. The fraction of sp³-hybridized carbons (Fsp3) is 0.716. The lowest BCUT2D eigenvalue weighted by molar-refractivity contribution is -0.157. The number of likely N-dealkylation sites (N-methyl/N-ethyl adjacent to an activating group) is 7. The van der Waals surface area contributed by atoms with E-state index in [-0.39, 0.29) is 67.9 Å².